The number of nitrogens with zero attached hydrogens (tertiary/aromatic N) is 5. The fraction of sp³-hybridized carbons (Fsp3) is 0.170. The number of amidine groups is 2. The van der Waals surface area contributed by atoms with Gasteiger partial charge in [-0.15, -0.1) is 11.8 Å². The number of allylic oxidation sites excluding steroid dienone is 5. The number of aromatic nitrogens is 1. The summed E-state index contributed by atoms with van der Waals surface area (Å²) in [6, 6.07) is 53.4. The molecular weight excluding hydrogens is 739 g/mol. The van der Waals surface area contributed by atoms with Crippen LogP contribution in [0.5, 0.6) is 0 Å². The van der Waals surface area contributed by atoms with Crippen molar-refractivity contribution in [1.29, 1.82) is 0 Å². The number of rotatable bonds is 5. The van der Waals surface area contributed by atoms with Gasteiger partial charge in [-0.1, -0.05) is 140 Å². The number of aliphatic imine (C=N–C) groups is 2. The largest absolute Gasteiger partial charge is 0.336 e. The summed E-state index contributed by atoms with van der Waals surface area (Å²) in [5.41, 5.74) is 12.5. The highest BCUT2D eigenvalue weighted by molar-refractivity contribution is 8.00. The van der Waals surface area contributed by atoms with E-state index >= 15 is 0 Å². The van der Waals surface area contributed by atoms with E-state index in [9.17, 15) is 0 Å². The molecule has 0 saturated carbocycles. The van der Waals surface area contributed by atoms with Crippen LogP contribution >= 0.6 is 11.8 Å². The molecule has 0 fully saturated rings. The molecule has 4 heterocycles. The van der Waals surface area contributed by atoms with E-state index in [1.165, 1.54) is 54.9 Å². The van der Waals surface area contributed by atoms with Crippen LogP contribution in [0.3, 0.4) is 0 Å². The molecule has 1 aromatic heterocycles. The minimum absolute atomic E-state index is 0.209. The van der Waals surface area contributed by atoms with Gasteiger partial charge in [-0.2, -0.15) is 0 Å². The fourth-order valence-electron chi connectivity index (χ4n) is 10.4. The van der Waals surface area contributed by atoms with Gasteiger partial charge >= 0.3 is 0 Å². The highest BCUT2D eigenvalue weighted by atomic mass is 32.2. The van der Waals surface area contributed by atoms with Gasteiger partial charge in [0.05, 0.1) is 17.1 Å². The zero-order valence-corrected chi connectivity index (χ0v) is 33.9. The third-order valence-corrected chi connectivity index (χ3v) is 14.5. The molecule has 0 amide bonds. The first-order valence-electron chi connectivity index (χ1n) is 20.9. The summed E-state index contributed by atoms with van der Waals surface area (Å²) in [6.07, 6.45) is 12.7. The molecule has 0 bridgehead atoms. The molecule has 0 radical (unpaired) electrons. The number of fused-ring (bicyclic) bond motifs is 10. The second-order valence-electron chi connectivity index (χ2n) is 16.6. The van der Waals surface area contributed by atoms with Crippen molar-refractivity contribution in [1.82, 2.24) is 9.47 Å². The lowest BCUT2D eigenvalue weighted by Gasteiger charge is -2.38. The maximum atomic E-state index is 5.33. The van der Waals surface area contributed by atoms with Gasteiger partial charge in [0.1, 0.15) is 12.0 Å². The summed E-state index contributed by atoms with van der Waals surface area (Å²) >= 11 is 2.07. The highest BCUT2D eigenvalue weighted by Gasteiger charge is 2.50. The molecule has 7 aromatic rings. The van der Waals surface area contributed by atoms with E-state index in [1.54, 1.807) is 0 Å². The highest BCUT2D eigenvalue weighted by Crippen LogP contribution is 2.60. The van der Waals surface area contributed by atoms with E-state index in [2.05, 4.69) is 210 Å². The lowest BCUT2D eigenvalue weighted by molar-refractivity contribution is 0.383. The van der Waals surface area contributed by atoms with E-state index in [0.717, 1.165) is 34.8 Å². The number of anilines is 2. The smallest absolute Gasteiger partial charge is 0.159 e. The monoisotopic (exact) mass is 781 g/mol. The summed E-state index contributed by atoms with van der Waals surface area (Å²) in [7, 11) is 2.13. The Hall–Kier alpha value is -6.37. The van der Waals surface area contributed by atoms with Crippen LogP contribution in [0.4, 0.5) is 11.4 Å². The summed E-state index contributed by atoms with van der Waals surface area (Å²) in [4.78, 5) is 16.9. The predicted octanol–water partition coefficient (Wildman–Crippen LogP) is 12.5. The first-order valence-corrected chi connectivity index (χ1v) is 21.7. The molecule has 6 aromatic carbocycles. The first kappa shape index (κ1) is 34.7. The molecule has 5 aliphatic rings. The van der Waals surface area contributed by atoms with Gasteiger partial charge in [0.2, 0.25) is 0 Å². The molecule has 59 heavy (non-hydrogen) atoms. The van der Waals surface area contributed by atoms with Crippen LogP contribution in [0.2, 0.25) is 0 Å². The molecule has 3 aliphatic heterocycles. The fourth-order valence-corrected chi connectivity index (χ4v) is 12.0. The Labute approximate surface area is 349 Å². The van der Waals surface area contributed by atoms with Crippen LogP contribution in [0.25, 0.3) is 27.5 Å². The lowest BCUT2D eigenvalue weighted by Crippen LogP contribution is -2.42. The molecule has 0 spiro atoms. The van der Waals surface area contributed by atoms with Crippen LogP contribution in [0.1, 0.15) is 59.2 Å². The van der Waals surface area contributed by atoms with Crippen molar-refractivity contribution in [3.8, 4) is 0 Å². The second kappa shape index (κ2) is 13.6. The Morgan fingerprint density at radius 3 is 2.29 bits per heavy atom. The molecule has 286 valence electrons. The Kier molecular flexibility index (Phi) is 7.99. The molecule has 6 unspecified atom stereocenters. The molecule has 2 aliphatic carbocycles. The van der Waals surface area contributed by atoms with Crippen molar-refractivity contribution in [3.05, 3.63) is 204 Å². The Morgan fingerprint density at radius 2 is 1.42 bits per heavy atom. The minimum Gasteiger partial charge on any atom is -0.336 e. The van der Waals surface area contributed by atoms with Crippen molar-refractivity contribution in [2.75, 3.05) is 11.9 Å². The van der Waals surface area contributed by atoms with Gasteiger partial charge in [-0.3, -0.25) is 0 Å². The molecule has 6 heteroatoms. The van der Waals surface area contributed by atoms with Gasteiger partial charge < -0.3 is 14.4 Å². The van der Waals surface area contributed by atoms with Crippen LogP contribution < -0.4 is 4.90 Å². The Balaban J connectivity index is 1.05. The molecule has 0 saturated heterocycles. The SMILES string of the molecule is CC1C=CC=C(n2c3ccccc3c3cc4c(cc32)N(c2cccc(C3=NC(c5ccccc5)=NC(c5ccccc5)N3C)c2)C2C4C=CC3c4ccccc4SC32)C1. The van der Waals surface area contributed by atoms with Crippen LogP contribution in [-0.2, 0) is 0 Å². The van der Waals surface area contributed by atoms with Crippen molar-refractivity contribution >= 4 is 62.3 Å². The Morgan fingerprint density at radius 1 is 0.661 bits per heavy atom. The van der Waals surface area contributed by atoms with E-state index in [0.29, 0.717) is 17.1 Å². The summed E-state index contributed by atoms with van der Waals surface area (Å²) in [5.74, 6) is 2.75. The standard InChI is InChI=1S/C53H43N5S/c1-33-15-13-21-37(29-33)57-45-25-11-9-23-39(45)43-31-44-41-27-28-42-40-24-10-12-26-48(40)59-50(42)49(41)58(47(44)32-46(43)57)38-22-14-20-36(30-38)53-55-51(34-16-5-3-6-17-34)54-52(56(53)2)35-18-7-4-8-19-35/h3-28,30-33,41-42,49-50,52H,29H2,1-2H3. The third-order valence-electron chi connectivity index (χ3n) is 13.1. The average molecular weight is 782 g/mol. The van der Waals surface area contributed by atoms with Gasteiger partial charge in [0.15, 0.2) is 5.84 Å². The zero-order chi connectivity index (χ0) is 39.2. The van der Waals surface area contributed by atoms with Gasteiger partial charge in [0.25, 0.3) is 0 Å². The van der Waals surface area contributed by atoms with E-state index in [1.807, 2.05) is 6.07 Å². The van der Waals surface area contributed by atoms with Crippen molar-refractivity contribution < 1.29 is 0 Å². The van der Waals surface area contributed by atoms with E-state index in [-0.39, 0.29) is 18.1 Å². The Bertz CT molecular complexity index is 2970. The minimum atomic E-state index is -0.209. The quantitative estimate of drug-likeness (QED) is 0.163. The summed E-state index contributed by atoms with van der Waals surface area (Å²) in [6.45, 7) is 2.32. The first-order chi connectivity index (χ1) is 29.1. The maximum absolute atomic E-state index is 5.33. The number of hydrogen-bond acceptors (Lipinski definition) is 5. The molecule has 6 atom stereocenters. The molecule has 5 nitrogen and oxygen atoms in total. The molecule has 12 rings (SSSR count). The number of hydrogen-bond donors (Lipinski definition) is 0. The molecular formula is C53H43N5S. The zero-order valence-electron chi connectivity index (χ0n) is 33.1. The normalized spacial score (nSPS) is 24.1. The van der Waals surface area contributed by atoms with E-state index in [4.69, 9.17) is 9.98 Å². The number of thioether (sulfide) groups is 1. The van der Waals surface area contributed by atoms with E-state index < -0.39 is 0 Å². The van der Waals surface area contributed by atoms with Crippen molar-refractivity contribution in [2.24, 2.45) is 15.9 Å². The number of para-hydroxylation sites is 1. The van der Waals surface area contributed by atoms with Crippen LogP contribution in [0.15, 0.2) is 191 Å². The van der Waals surface area contributed by atoms with Gasteiger partial charge in [-0.25, -0.2) is 9.98 Å². The topological polar surface area (TPSA) is 36.1 Å². The average Bonchev–Trinajstić information content (AvgIpc) is 3.94. The van der Waals surface area contributed by atoms with Crippen LogP contribution in [0, 0.1) is 5.92 Å². The number of benzene rings is 6. The van der Waals surface area contributed by atoms with Crippen molar-refractivity contribution in [3.63, 3.8) is 0 Å². The van der Waals surface area contributed by atoms with Crippen LogP contribution in [-0.4, -0.2) is 39.5 Å². The van der Waals surface area contributed by atoms with Crippen molar-refractivity contribution in [2.45, 2.75) is 47.5 Å². The third kappa shape index (κ3) is 5.46. The summed E-state index contributed by atoms with van der Waals surface area (Å²) in [5, 5.41) is 3.00. The second-order valence-corrected chi connectivity index (χ2v) is 17.8. The summed E-state index contributed by atoms with van der Waals surface area (Å²) < 4.78 is 2.54. The van der Waals surface area contributed by atoms with Gasteiger partial charge in [0, 0.05) is 68.0 Å². The predicted molar refractivity (Wildman–Crippen MR) is 246 cm³/mol. The lowest BCUT2D eigenvalue weighted by atomic mass is 9.79. The maximum Gasteiger partial charge on any atom is 0.159 e. The van der Waals surface area contributed by atoms with Gasteiger partial charge in [-0.05, 0) is 71.5 Å². The molecule has 0 N–H and O–H groups in total.